The molecule has 6 heteroatoms. The molecule has 3 aromatic carbocycles. The number of hydrogen-bond acceptors (Lipinski definition) is 5. The van der Waals surface area contributed by atoms with Crippen LogP contribution in [0.15, 0.2) is 91.3 Å². The van der Waals surface area contributed by atoms with Crippen molar-refractivity contribution in [2.45, 2.75) is 0 Å². The van der Waals surface area contributed by atoms with E-state index in [1.165, 1.54) is 0 Å². The van der Waals surface area contributed by atoms with Crippen LogP contribution >= 0.6 is 0 Å². The molecule has 0 radical (unpaired) electrons. The lowest BCUT2D eigenvalue weighted by molar-refractivity contribution is 1.06. The average Bonchev–Trinajstić information content (AvgIpc) is 3.19. The van der Waals surface area contributed by atoms with Gasteiger partial charge >= 0.3 is 0 Å². The minimum atomic E-state index is 0.584. The molecule has 0 bridgehead atoms. The molecule has 6 nitrogen and oxygen atoms in total. The Hall–Kier alpha value is -4.19. The standard InChI is InChI=1S/C23H18N6/c24-17-9-7-8-16(14-17)21-27-22(26-18-10-3-1-4-11-18)20-23(28-21)29(15-25-20)19-12-5-2-6-13-19/h1-15H,24H2,(H,26,27,28). The summed E-state index contributed by atoms with van der Waals surface area (Å²) in [6.45, 7) is 0. The van der Waals surface area contributed by atoms with Crippen molar-refractivity contribution in [1.29, 1.82) is 0 Å². The molecule has 0 aliphatic rings. The molecule has 2 aromatic heterocycles. The van der Waals surface area contributed by atoms with E-state index in [-0.39, 0.29) is 0 Å². The Balaban J connectivity index is 1.73. The Bertz CT molecular complexity index is 1280. The number of nitrogens with one attached hydrogen (secondary N) is 1. The zero-order chi connectivity index (χ0) is 19.6. The summed E-state index contributed by atoms with van der Waals surface area (Å²) in [5.41, 5.74) is 10.8. The zero-order valence-electron chi connectivity index (χ0n) is 15.5. The highest BCUT2D eigenvalue weighted by molar-refractivity contribution is 5.88. The topological polar surface area (TPSA) is 81.6 Å². The van der Waals surface area contributed by atoms with Crippen molar-refractivity contribution in [2.75, 3.05) is 11.1 Å². The quantitative estimate of drug-likeness (QED) is 0.439. The van der Waals surface area contributed by atoms with Gasteiger partial charge in [0, 0.05) is 22.6 Å². The molecule has 0 amide bonds. The van der Waals surface area contributed by atoms with Crippen molar-refractivity contribution in [3.63, 3.8) is 0 Å². The molecule has 0 saturated heterocycles. The van der Waals surface area contributed by atoms with Gasteiger partial charge < -0.3 is 11.1 Å². The van der Waals surface area contributed by atoms with Crippen LogP contribution in [0.25, 0.3) is 28.2 Å². The molecular weight excluding hydrogens is 360 g/mol. The Kier molecular flexibility index (Phi) is 4.14. The second-order valence-electron chi connectivity index (χ2n) is 6.63. The first-order valence-corrected chi connectivity index (χ1v) is 9.26. The molecule has 140 valence electrons. The molecule has 5 aromatic rings. The van der Waals surface area contributed by atoms with Gasteiger partial charge in [-0.1, -0.05) is 48.5 Å². The van der Waals surface area contributed by atoms with Crippen LogP contribution in [-0.4, -0.2) is 19.5 Å². The van der Waals surface area contributed by atoms with Gasteiger partial charge in [0.2, 0.25) is 0 Å². The third kappa shape index (κ3) is 3.27. The van der Waals surface area contributed by atoms with Crippen molar-refractivity contribution < 1.29 is 0 Å². The number of hydrogen-bond donors (Lipinski definition) is 2. The van der Waals surface area contributed by atoms with Crippen LogP contribution in [-0.2, 0) is 0 Å². The van der Waals surface area contributed by atoms with Crippen molar-refractivity contribution in [1.82, 2.24) is 19.5 Å². The Morgan fingerprint density at radius 3 is 2.31 bits per heavy atom. The third-order valence-electron chi connectivity index (χ3n) is 4.61. The summed E-state index contributed by atoms with van der Waals surface area (Å²) in [6.07, 6.45) is 1.77. The lowest BCUT2D eigenvalue weighted by Crippen LogP contribution is -2.01. The summed E-state index contributed by atoms with van der Waals surface area (Å²) in [7, 11) is 0. The number of benzene rings is 3. The van der Waals surface area contributed by atoms with E-state index in [1.807, 2.05) is 89.5 Å². The van der Waals surface area contributed by atoms with Gasteiger partial charge in [0.1, 0.15) is 6.33 Å². The molecule has 0 aliphatic heterocycles. The zero-order valence-corrected chi connectivity index (χ0v) is 15.5. The second-order valence-corrected chi connectivity index (χ2v) is 6.63. The van der Waals surface area contributed by atoms with Crippen molar-refractivity contribution in [2.24, 2.45) is 0 Å². The summed E-state index contributed by atoms with van der Waals surface area (Å²) < 4.78 is 1.96. The van der Waals surface area contributed by atoms with Crippen LogP contribution in [0.4, 0.5) is 17.2 Å². The summed E-state index contributed by atoms with van der Waals surface area (Å²) >= 11 is 0. The molecule has 0 spiro atoms. The normalized spacial score (nSPS) is 10.9. The van der Waals surface area contributed by atoms with E-state index in [1.54, 1.807) is 6.33 Å². The molecule has 0 saturated carbocycles. The maximum absolute atomic E-state index is 5.98. The first-order valence-electron chi connectivity index (χ1n) is 9.26. The summed E-state index contributed by atoms with van der Waals surface area (Å²) in [5, 5.41) is 3.38. The van der Waals surface area contributed by atoms with E-state index in [2.05, 4.69) is 10.3 Å². The van der Waals surface area contributed by atoms with Crippen LogP contribution in [0.5, 0.6) is 0 Å². The smallest absolute Gasteiger partial charge is 0.170 e. The number of anilines is 3. The summed E-state index contributed by atoms with van der Waals surface area (Å²) in [6, 6.07) is 27.5. The minimum Gasteiger partial charge on any atom is -0.399 e. The molecule has 29 heavy (non-hydrogen) atoms. The maximum atomic E-state index is 5.98. The van der Waals surface area contributed by atoms with Gasteiger partial charge in [0.15, 0.2) is 22.8 Å². The number of rotatable bonds is 4. The van der Waals surface area contributed by atoms with E-state index in [0.29, 0.717) is 22.8 Å². The van der Waals surface area contributed by atoms with E-state index in [4.69, 9.17) is 15.7 Å². The molecule has 5 rings (SSSR count). The van der Waals surface area contributed by atoms with Gasteiger partial charge in [0.25, 0.3) is 0 Å². The number of imidazole rings is 1. The van der Waals surface area contributed by atoms with Crippen molar-refractivity contribution >= 4 is 28.4 Å². The van der Waals surface area contributed by atoms with E-state index >= 15 is 0 Å². The van der Waals surface area contributed by atoms with Crippen LogP contribution in [0.3, 0.4) is 0 Å². The van der Waals surface area contributed by atoms with Crippen molar-refractivity contribution in [3.8, 4) is 17.1 Å². The monoisotopic (exact) mass is 378 g/mol. The Labute approximate surface area is 167 Å². The third-order valence-corrected chi connectivity index (χ3v) is 4.61. The first kappa shape index (κ1) is 16.9. The second kappa shape index (κ2) is 7.09. The average molecular weight is 378 g/mol. The number of aromatic nitrogens is 4. The number of fused-ring (bicyclic) bond motifs is 1. The molecule has 0 fully saturated rings. The molecule has 0 atom stereocenters. The fourth-order valence-electron chi connectivity index (χ4n) is 3.23. The fraction of sp³-hybridized carbons (Fsp3) is 0. The van der Waals surface area contributed by atoms with Crippen LogP contribution in [0.2, 0.25) is 0 Å². The largest absolute Gasteiger partial charge is 0.399 e. The molecule has 0 aliphatic carbocycles. The molecular formula is C23H18N6. The SMILES string of the molecule is Nc1cccc(-c2nc(Nc3ccccc3)c3ncn(-c4ccccc4)c3n2)c1. The lowest BCUT2D eigenvalue weighted by Gasteiger charge is -2.10. The Morgan fingerprint density at radius 2 is 1.55 bits per heavy atom. The van der Waals surface area contributed by atoms with Gasteiger partial charge in [-0.15, -0.1) is 0 Å². The Morgan fingerprint density at radius 1 is 0.793 bits per heavy atom. The van der Waals surface area contributed by atoms with E-state index < -0.39 is 0 Å². The molecule has 2 heterocycles. The highest BCUT2D eigenvalue weighted by atomic mass is 15.2. The predicted octanol–water partition coefficient (Wildman–Crippen LogP) is 4.81. The van der Waals surface area contributed by atoms with E-state index in [0.717, 1.165) is 22.6 Å². The summed E-state index contributed by atoms with van der Waals surface area (Å²) in [4.78, 5) is 14.2. The van der Waals surface area contributed by atoms with Crippen LogP contribution < -0.4 is 11.1 Å². The maximum Gasteiger partial charge on any atom is 0.170 e. The lowest BCUT2D eigenvalue weighted by atomic mass is 10.2. The molecule has 3 N–H and O–H groups in total. The van der Waals surface area contributed by atoms with E-state index in [9.17, 15) is 0 Å². The van der Waals surface area contributed by atoms with Crippen molar-refractivity contribution in [3.05, 3.63) is 91.3 Å². The number of nitrogens with two attached hydrogens (primary N) is 1. The number of nitrogens with zero attached hydrogens (tertiary/aromatic N) is 4. The molecule has 0 unspecified atom stereocenters. The van der Waals surface area contributed by atoms with Gasteiger partial charge in [-0.25, -0.2) is 15.0 Å². The highest BCUT2D eigenvalue weighted by Crippen LogP contribution is 2.28. The highest BCUT2D eigenvalue weighted by Gasteiger charge is 2.15. The first-order chi connectivity index (χ1) is 14.3. The minimum absolute atomic E-state index is 0.584. The van der Waals surface area contributed by atoms with Gasteiger partial charge in [0.05, 0.1) is 0 Å². The van der Waals surface area contributed by atoms with Gasteiger partial charge in [-0.2, -0.15) is 0 Å². The number of nitrogen functional groups attached to an aromatic ring is 1. The van der Waals surface area contributed by atoms with Gasteiger partial charge in [-0.3, -0.25) is 4.57 Å². The predicted molar refractivity (Wildman–Crippen MR) is 116 cm³/mol. The number of para-hydroxylation sites is 2. The van der Waals surface area contributed by atoms with Gasteiger partial charge in [-0.05, 0) is 36.4 Å². The van der Waals surface area contributed by atoms with Crippen LogP contribution in [0, 0.1) is 0 Å². The summed E-state index contributed by atoms with van der Waals surface area (Å²) in [5.74, 6) is 1.23. The van der Waals surface area contributed by atoms with Crippen LogP contribution in [0.1, 0.15) is 0 Å². The fourth-order valence-corrected chi connectivity index (χ4v) is 3.23.